The molecule has 1 N–H and O–H groups in total. The quantitative estimate of drug-likeness (QED) is 0.723. The van der Waals surface area contributed by atoms with E-state index in [4.69, 9.17) is 0 Å². The molecule has 7 heteroatoms. The molecule has 0 aromatic heterocycles. The highest BCUT2D eigenvalue weighted by atomic mass is 32.2. The highest BCUT2D eigenvalue weighted by Crippen LogP contribution is 2.38. The van der Waals surface area contributed by atoms with Crippen molar-refractivity contribution in [1.29, 1.82) is 0 Å². The molecule has 166 valence electrons. The van der Waals surface area contributed by atoms with Gasteiger partial charge in [-0.15, -0.1) is 11.8 Å². The first-order valence-electron chi connectivity index (χ1n) is 11.2. The molecule has 2 aromatic rings. The topological polar surface area (TPSA) is 69.7 Å². The molecule has 1 saturated heterocycles. The maximum absolute atomic E-state index is 13.4. The molecule has 0 saturated carbocycles. The van der Waals surface area contributed by atoms with E-state index in [1.165, 1.54) is 11.1 Å². The molecule has 0 bridgehead atoms. The number of aryl methyl sites for hydroxylation is 2. The molecule has 1 fully saturated rings. The van der Waals surface area contributed by atoms with Crippen LogP contribution < -0.4 is 10.2 Å². The number of anilines is 1. The van der Waals surface area contributed by atoms with E-state index in [0.717, 1.165) is 46.7 Å². The third kappa shape index (κ3) is 3.48. The number of thioether (sulfide) groups is 1. The number of hydrogen-bond acceptors (Lipinski definition) is 4. The summed E-state index contributed by atoms with van der Waals surface area (Å²) in [5.74, 6) is -0.617. The van der Waals surface area contributed by atoms with Crippen molar-refractivity contribution in [2.24, 2.45) is 0 Å². The number of urea groups is 1. The van der Waals surface area contributed by atoms with Crippen molar-refractivity contribution in [3.63, 3.8) is 0 Å². The zero-order valence-electron chi connectivity index (χ0n) is 18.4. The van der Waals surface area contributed by atoms with Gasteiger partial charge in [0.2, 0.25) is 5.91 Å². The van der Waals surface area contributed by atoms with E-state index in [-0.39, 0.29) is 18.4 Å². The van der Waals surface area contributed by atoms with Crippen LogP contribution >= 0.6 is 11.8 Å². The molecule has 6 nitrogen and oxygen atoms in total. The fourth-order valence-electron chi connectivity index (χ4n) is 4.89. The van der Waals surface area contributed by atoms with Crippen LogP contribution in [-0.4, -0.2) is 41.1 Å². The monoisotopic (exact) mass is 449 g/mol. The second-order valence-electron chi connectivity index (χ2n) is 9.01. The lowest BCUT2D eigenvalue weighted by Gasteiger charge is -2.25. The molecule has 3 aliphatic rings. The van der Waals surface area contributed by atoms with Gasteiger partial charge in [-0.1, -0.05) is 37.3 Å². The van der Waals surface area contributed by atoms with Crippen molar-refractivity contribution in [3.05, 3.63) is 59.2 Å². The molecule has 0 spiro atoms. The minimum Gasteiger partial charge on any atom is -0.319 e. The number of nitrogens with zero attached hydrogens (tertiary/aromatic N) is 2. The van der Waals surface area contributed by atoms with Gasteiger partial charge in [0.25, 0.3) is 5.91 Å². The highest BCUT2D eigenvalue weighted by Gasteiger charge is 2.50. The Labute approximate surface area is 192 Å². The molecule has 32 heavy (non-hydrogen) atoms. The van der Waals surface area contributed by atoms with Crippen LogP contribution in [-0.2, 0) is 28.0 Å². The number of carbonyl (C=O) groups is 3. The van der Waals surface area contributed by atoms with Crippen LogP contribution in [0.25, 0.3) is 0 Å². The van der Waals surface area contributed by atoms with Gasteiger partial charge in [0.15, 0.2) is 0 Å². The number of fused-ring (bicyclic) bond motifs is 2. The molecule has 2 aromatic carbocycles. The summed E-state index contributed by atoms with van der Waals surface area (Å²) in [6.45, 7) is 4.18. The largest absolute Gasteiger partial charge is 0.325 e. The summed E-state index contributed by atoms with van der Waals surface area (Å²) in [6, 6.07) is 13.3. The Morgan fingerprint density at radius 1 is 1.16 bits per heavy atom. The fourth-order valence-corrected chi connectivity index (χ4v) is 6.00. The van der Waals surface area contributed by atoms with Gasteiger partial charge in [0.1, 0.15) is 12.1 Å². The van der Waals surface area contributed by atoms with Gasteiger partial charge in [-0.05, 0) is 61.4 Å². The normalized spacial score (nSPS) is 24.8. The van der Waals surface area contributed by atoms with Crippen LogP contribution in [0.4, 0.5) is 10.5 Å². The number of hydrogen-bond donors (Lipinski definition) is 1. The molecule has 4 amide bonds. The van der Waals surface area contributed by atoms with Crippen molar-refractivity contribution in [3.8, 4) is 0 Å². The number of para-hydroxylation sites is 1. The number of imide groups is 1. The summed E-state index contributed by atoms with van der Waals surface area (Å²) >= 11 is 1.75. The molecule has 0 radical (unpaired) electrons. The van der Waals surface area contributed by atoms with Crippen LogP contribution in [0.1, 0.15) is 43.4 Å². The zero-order chi connectivity index (χ0) is 22.5. The van der Waals surface area contributed by atoms with Crippen LogP contribution in [0.3, 0.4) is 0 Å². The standard InChI is InChI=1S/C25H27N3O3S/c1-16-12-13-27(20-8-3-4-9-21(20)32-16)22(29)15-28-23(30)25(2,26-24(28)31)19-11-10-17-6-5-7-18(17)14-19/h3-4,8-11,14,16H,5-7,12-13,15H2,1-2H3,(H,26,31). The van der Waals surface area contributed by atoms with Gasteiger partial charge in [0.05, 0.1) is 5.69 Å². The summed E-state index contributed by atoms with van der Waals surface area (Å²) in [5.41, 5.74) is 3.02. The number of nitrogens with one attached hydrogen (secondary N) is 1. The SMILES string of the molecule is CC1CCN(C(=O)CN2C(=O)NC(C)(c3ccc4c(c3)CCC4)C2=O)c2ccccc2S1. The van der Waals surface area contributed by atoms with Gasteiger partial charge in [-0.2, -0.15) is 0 Å². The maximum atomic E-state index is 13.4. The number of benzene rings is 2. The number of rotatable bonds is 3. The minimum atomic E-state index is -1.16. The molecule has 2 heterocycles. The average molecular weight is 450 g/mol. The van der Waals surface area contributed by atoms with E-state index in [9.17, 15) is 14.4 Å². The van der Waals surface area contributed by atoms with Crippen LogP contribution in [0, 0.1) is 0 Å². The van der Waals surface area contributed by atoms with Gasteiger partial charge in [0, 0.05) is 16.7 Å². The summed E-state index contributed by atoms with van der Waals surface area (Å²) < 4.78 is 0. The molecule has 1 aliphatic carbocycles. The smallest absolute Gasteiger partial charge is 0.319 e. The van der Waals surface area contributed by atoms with Gasteiger partial charge in [-0.3, -0.25) is 14.5 Å². The van der Waals surface area contributed by atoms with Crippen LogP contribution in [0.5, 0.6) is 0 Å². The van der Waals surface area contributed by atoms with E-state index >= 15 is 0 Å². The molecule has 2 atom stereocenters. The minimum absolute atomic E-state index is 0.242. The number of carbonyl (C=O) groups excluding carboxylic acids is 3. The van der Waals surface area contributed by atoms with Gasteiger partial charge >= 0.3 is 6.03 Å². The lowest BCUT2D eigenvalue weighted by molar-refractivity contribution is -0.134. The van der Waals surface area contributed by atoms with Gasteiger partial charge < -0.3 is 10.2 Å². The second kappa shape index (κ2) is 7.96. The predicted molar refractivity (Wildman–Crippen MR) is 125 cm³/mol. The first kappa shape index (κ1) is 21.1. The summed E-state index contributed by atoms with van der Waals surface area (Å²) in [5, 5.41) is 3.23. The summed E-state index contributed by atoms with van der Waals surface area (Å²) in [7, 11) is 0. The lowest BCUT2D eigenvalue weighted by Crippen LogP contribution is -2.45. The zero-order valence-corrected chi connectivity index (χ0v) is 19.2. The Bertz CT molecular complexity index is 1120. The first-order chi connectivity index (χ1) is 15.4. The Morgan fingerprint density at radius 2 is 1.94 bits per heavy atom. The highest BCUT2D eigenvalue weighted by molar-refractivity contribution is 8.00. The van der Waals surface area contributed by atoms with Crippen LogP contribution in [0.2, 0.25) is 0 Å². The van der Waals surface area contributed by atoms with E-state index < -0.39 is 11.6 Å². The maximum Gasteiger partial charge on any atom is 0.325 e. The van der Waals surface area contributed by atoms with Crippen molar-refractivity contribution >= 4 is 35.3 Å². The van der Waals surface area contributed by atoms with Crippen molar-refractivity contribution in [2.45, 2.75) is 55.2 Å². The van der Waals surface area contributed by atoms with E-state index in [0.29, 0.717) is 11.8 Å². The summed E-state index contributed by atoms with van der Waals surface area (Å²) in [6.07, 6.45) is 4.01. The molecule has 5 rings (SSSR count). The Hall–Kier alpha value is -2.80. The Balaban J connectivity index is 1.39. The molecule has 2 aliphatic heterocycles. The first-order valence-corrected chi connectivity index (χ1v) is 12.1. The third-order valence-electron chi connectivity index (χ3n) is 6.79. The lowest BCUT2D eigenvalue weighted by atomic mass is 9.89. The number of amides is 4. The van der Waals surface area contributed by atoms with E-state index in [1.54, 1.807) is 23.6 Å². The Morgan fingerprint density at radius 3 is 2.78 bits per heavy atom. The Kier molecular flexibility index (Phi) is 5.24. The summed E-state index contributed by atoms with van der Waals surface area (Å²) in [4.78, 5) is 43.3. The molecular weight excluding hydrogens is 422 g/mol. The fraction of sp³-hybridized carbons (Fsp3) is 0.400. The van der Waals surface area contributed by atoms with Crippen LogP contribution in [0.15, 0.2) is 47.4 Å². The van der Waals surface area contributed by atoms with Crippen molar-refractivity contribution in [1.82, 2.24) is 10.2 Å². The molecular formula is C25H27N3O3S. The average Bonchev–Trinajstić information content (AvgIpc) is 3.27. The second-order valence-corrected chi connectivity index (χ2v) is 10.5. The van der Waals surface area contributed by atoms with Gasteiger partial charge in [-0.25, -0.2) is 4.79 Å². The van der Waals surface area contributed by atoms with Crippen molar-refractivity contribution < 1.29 is 14.4 Å². The third-order valence-corrected chi connectivity index (χ3v) is 8.03. The predicted octanol–water partition coefficient (Wildman–Crippen LogP) is 3.86. The molecule has 2 unspecified atom stereocenters. The van der Waals surface area contributed by atoms with Crippen molar-refractivity contribution in [2.75, 3.05) is 18.0 Å². The van der Waals surface area contributed by atoms with E-state index in [2.05, 4.69) is 18.3 Å². The van der Waals surface area contributed by atoms with E-state index in [1.807, 2.05) is 36.4 Å².